The molecule has 0 N–H and O–H groups in total. The Morgan fingerprint density at radius 3 is 2.88 bits per heavy atom. The maximum atomic E-state index is 13.0. The Hall–Kier alpha value is -2.12. The fourth-order valence-electron chi connectivity index (χ4n) is 3.51. The Kier molecular flexibility index (Phi) is 4.12. The number of fused-ring (bicyclic) bond motifs is 1. The lowest BCUT2D eigenvalue weighted by Crippen LogP contribution is -2.36. The fraction of sp³-hybridized carbons (Fsp3) is 0.471. The number of ether oxygens (including phenoxy) is 2. The molecular weight excluding hydrogens is 311 g/mol. The third kappa shape index (κ3) is 2.97. The molecule has 2 aromatic rings. The molecule has 24 heavy (non-hydrogen) atoms. The van der Waals surface area contributed by atoms with Crippen LogP contribution >= 0.6 is 0 Å². The molecule has 0 unspecified atom stereocenters. The highest BCUT2D eigenvalue weighted by Crippen LogP contribution is 2.42. The Labute approximate surface area is 139 Å². The predicted octanol–water partition coefficient (Wildman–Crippen LogP) is 1.68. The highest BCUT2D eigenvalue weighted by Gasteiger charge is 2.51. The summed E-state index contributed by atoms with van der Waals surface area (Å²) in [7, 11) is 0. The van der Waals surface area contributed by atoms with Gasteiger partial charge in [0.05, 0.1) is 38.8 Å². The van der Waals surface area contributed by atoms with Crippen LogP contribution < -0.4 is 4.90 Å². The lowest BCUT2D eigenvalue weighted by molar-refractivity contribution is 0.0263. The normalized spacial score (nSPS) is 25.9. The topological polar surface area (TPSA) is 60.4 Å². The van der Waals surface area contributed by atoms with E-state index in [-0.39, 0.29) is 5.41 Å². The van der Waals surface area contributed by atoms with Gasteiger partial charge in [0.2, 0.25) is 5.95 Å². The minimum Gasteiger partial charge on any atom is -0.380 e. The number of rotatable bonds is 5. The number of pyridine rings is 1. The first-order chi connectivity index (χ1) is 11.8. The van der Waals surface area contributed by atoms with Crippen LogP contribution in [-0.4, -0.2) is 47.9 Å². The molecule has 2 saturated heterocycles. The van der Waals surface area contributed by atoms with Gasteiger partial charge in [0.25, 0.3) is 0 Å². The van der Waals surface area contributed by atoms with Crippen LogP contribution in [0.2, 0.25) is 0 Å². The van der Waals surface area contributed by atoms with Crippen molar-refractivity contribution in [2.45, 2.75) is 6.61 Å². The number of halogens is 1. The van der Waals surface area contributed by atoms with E-state index in [1.807, 2.05) is 12.1 Å². The third-order valence-electron chi connectivity index (χ3n) is 4.82. The monoisotopic (exact) mass is 330 g/mol. The van der Waals surface area contributed by atoms with Crippen molar-refractivity contribution in [1.29, 1.82) is 0 Å². The van der Waals surface area contributed by atoms with Crippen LogP contribution in [0.5, 0.6) is 0 Å². The van der Waals surface area contributed by atoms with Crippen molar-refractivity contribution < 1.29 is 13.9 Å². The lowest BCUT2D eigenvalue weighted by atomic mass is 9.82. The SMILES string of the molecule is Fc1cnc(N2C[C@@H]3COC[C@]3(COCc3ccncc3)C2)nc1. The van der Waals surface area contributed by atoms with E-state index in [0.29, 0.717) is 31.7 Å². The molecule has 0 aromatic carbocycles. The van der Waals surface area contributed by atoms with Gasteiger partial charge in [-0.3, -0.25) is 4.98 Å². The summed E-state index contributed by atoms with van der Waals surface area (Å²) in [4.78, 5) is 14.3. The van der Waals surface area contributed by atoms with E-state index in [2.05, 4.69) is 19.9 Å². The Morgan fingerprint density at radius 1 is 1.29 bits per heavy atom. The van der Waals surface area contributed by atoms with Gasteiger partial charge >= 0.3 is 0 Å². The Morgan fingerprint density at radius 2 is 2.08 bits per heavy atom. The first kappa shape index (κ1) is 15.4. The van der Waals surface area contributed by atoms with E-state index in [4.69, 9.17) is 9.47 Å². The highest BCUT2D eigenvalue weighted by molar-refractivity contribution is 5.33. The van der Waals surface area contributed by atoms with Crippen LogP contribution in [0.1, 0.15) is 5.56 Å². The molecule has 2 aliphatic heterocycles. The summed E-state index contributed by atoms with van der Waals surface area (Å²) in [6.07, 6.45) is 5.95. The third-order valence-corrected chi connectivity index (χ3v) is 4.82. The van der Waals surface area contributed by atoms with Crippen LogP contribution in [0.3, 0.4) is 0 Å². The summed E-state index contributed by atoms with van der Waals surface area (Å²) < 4.78 is 24.7. The molecule has 0 amide bonds. The second-order valence-electron chi connectivity index (χ2n) is 6.50. The van der Waals surface area contributed by atoms with Gasteiger partial charge in [-0.15, -0.1) is 0 Å². The minimum atomic E-state index is -0.420. The van der Waals surface area contributed by atoms with Gasteiger partial charge in [0, 0.05) is 36.8 Å². The molecular formula is C17H19FN4O2. The number of nitrogens with zero attached hydrogens (tertiary/aromatic N) is 4. The summed E-state index contributed by atoms with van der Waals surface area (Å²) >= 11 is 0. The molecule has 0 aliphatic carbocycles. The van der Waals surface area contributed by atoms with Crippen LogP contribution in [0.15, 0.2) is 36.9 Å². The quantitative estimate of drug-likeness (QED) is 0.831. The van der Waals surface area contributed by atoms with E-state index in [1.165, 1.54) is 12.4 Å². The van der Waals surface area contributed by atoms with Gasteiger partial charge in [-0.2, -0.15) is 0 Å². The van der Waals surface area contributed by atoms with Crippen LogP contribution in [0, 0.1) is 17.2 Å². The van der Waals surface area contributed by atoms with Gasteiger partial charge in [-0.1, -0.05) is 0 Å². The van der Waals surface area contributed by atoms with Gasteiger partial charge in [0.1, 0.15) is 0 Å². The summed E-state index contributed by atoms with van der Waals surface area (Å²) in [6.45, 7) is 4.15. The zero-order chi connectivity index (χ0) is 16.4. The first-order valence-corrected chi connectivity index (χ1v) is 8.02. The van der Waals surface area contributed by atoms with Crippen molar-refractivity contribution >= 4 is 5.95 Å². The van der Waals surface area contributed by atoms with Crippen molar-refractivity contribution in [2.24, 2.45) is 11.3 Å². The van der Waals surface area contributed by atoms with Crippen LogP contribution in [0.25, 0.3) is 0 Å². The average molecular weight is 330 g/mol. The molecule has 0 spiro atoms. The Bertz CT molecular complexity index is 685. The van der Waals surface area contributed by atoms with Crippen molar-refractivity contribution in [3.63, 3.8) is 0 Å². The van der Waals surface area contributed by atoms with Crippen LogP contribution in [0.4, 0.5) is 10.3 Å². The average Bonchev–Trinajstić information content (AvgIpc) is 3.14. The number of aromatic nitrogens is 3. The molecule has 7 heteroatoms. The lowest BCUT2D eigenvalue weighted by Gasteiger charge is -2.26. The molecule has 0 radical (unpaired) electrons. The molecule has 2 fully saturated rings. The molecule has 0 saturated carbocycles. The second kappa shape index (κ2) is 6.41. The number of hydrogen-bond acceptors (Lipinski definition) is 6. The minimum absolute atomic E-state index is 0.0508. The zero-order valence-electron chi connectivity index (χ0n) is 13.3. The summed E-state index contributed by atoms with van der Waals surface area (Å²) in [5, 5.41) is 0. The zero-order valence-corrected chi connectivity index (χ0v) is 13.3. The first-order valence-electron chi connectivity index (χ1n) is 8.02. The van der Waals surface area contributed by atoms with Crippen molar-refractivity contribution in [3.05, 3.63) is 48.3 Å². The largest absolute Gasteiger partial charge is 0.380 e. The Balaban J connectivity index is 1.42. The fourth-order valence-corrected chi connectivity index (χ4v) is 3.51. The van der Waals surface area contributed by atoms with Gasteiger partial charge in [-0.05, 0) is 17.7 Å². The van der Waals surface area contributed by atoms with Gasteiger partial charge in [-0.25, -0.2) is 14.4 Å². The van der Waals surface area contributed by atoms with E-state index >= 15 is 0 Å². The molecule has 0 bridgehead atoms. The molecule has 4 heterocycles. The predicted molar refractivity (Wildman–Crippen MR) is 84.8 cm³/mol. The van der Waals surface area contributed by atoms with E-state index in [9.17, 15) is 4.39 Å². The molecule has 4 rings (SSSR count). The smallest absolute Gasteiger partial charge is 0.225 e. The summed E-state index contributed by atoms with van der Waals surface area (Å²) in [6, 6.07) is 3.90. The maximum Gasteiger partial charge on any atom is 0.225 e. The molecule has 2 atom stereocenters. The standard InChI is InChI=1S/C17H19FN4O2/c18-15-5-20-16(21-6-15)22-7-14-9-24-12-17(14,10-22)11-23-8-13-1-3-19-4-2-13/h1-6,14H,7-12H2/t14-,17-/m1/s1. The highest BCUT2D eigenvalue weighted by atomic mass is 19.1. The number of anilines is 1. The molecule has 2 aliphatic rings. The van der Waals surface area contributed by atoms with Gasteiger partial charge < -0.3 is 14.4 Å². The van der Waals surface area contributed by atoms with Crippen LogP contribution in [-0.2, 0) is 16.1 Å². The number of hydrogen-bond donors (Lipinski definition) is 0. The van der Waals surface area contributed by atoms with Crippen molar-refractivity contribution in [3.8, 4) is 0 Å². The second-order valence-corrected chi connectivity index (χ2v) is 6.50. The molecule has 6 nitrogen and oxygen atoms in total. The molecule has 2 aromatic heterocycles. The van der Waals surface area contributed by atoms with E-state index in [1.54, 1.807) is 12.4 Å². The van der Waals surface area contributed by atoms with E-state index < -0.39 is 5.82 Å². The maximum absolute atomic E-state index is 13.0. The van der Waals surface area contributed by atoms with E-state index in [0.717, 1.165) is 25.3 Å². The summed E-state index contributed by atoms with van der Waals surface area (Å²) in [5.41, 5.74) is 1.05. The molecule has 126 valence electrons. The van der Waals surface area contributed by atoms with Gasteiger partial charge in [0.15, 0.2) is 5.82 Å². The van der Waals surface area contributed by atoms with Crippen molar-refractivity contribution in [1.82, 2.24) is 15.0 Å². The summed E-state index contributed by atoms with van der Waals surface area (Å²) in [5.74, 6) is 0.528. The van der Waals surface area contributed by atoms with Crippen molar-refractivity contribution in [2.75, 3.05) is 37.8 Å².